The Morgan fingerprint density at radius 2 is 1.88 bits per heavy atom. The lowest BCUT2D eigenvalue weighted by Crippen LogP contribution is -2.57. The van der Waals surface area contributed by atoms with E-state index < -0.39 is 0 Å². The van der Waals surface area contributed by atoms with E-state index in [1.807, 2.05) is 11.0 Å². The summed E-state index contributed by atoms with van der Waals surface area (Å²) in [4.78, 5) is 14.6. The zero-order valence-electron chi connectivity index (χ0n) is 15.3. The topological polar surface area (TPSA) is 50.8 Å². The number of morpholine rings is 1. The molecular weight excluding hydrogens is 328 g/mol. The Hall–Kier alpha value is -2.11. The molecule has 26 heavy (non-hydrogen) atoms. The SMILES string of the molecule is Cc1ccc(CNC(=O)N2CCOC3(CCOCC3)C2)c2ccccc12. The Kier molecular flexibility index (Phi) is 4.83. The number of nitrogens with zero attached hydrogens (tertiary/aromatic N) is 1. The van der Waals surface area contributed by atoms with Crippen LogP contribution < -0.4 is 5.32 Å². The molecule has 0 unspecified atom stereocenters. The smallest absolute Gasteiger partial charge is 0.317 e. The predicted molar refractivity (Wildman–Crippen MR) is 101 cm³/mol. The Labute approximate surface area is 154 Å². The van der Waals surface area contributed by atoms with E-state index in [4.69, 9.17) is 9.47 Å². The van der Waals surface area contributed by atoms with Gasteiger partial charge in [0.25, 0.3) is 0 Å². The molecule has 2 aliphatic rings. The van der Waals surface area contributed by atoms with Gasteiger partial charge in [-0.15, -0.1) is 0 Å². The van der Waals surface area contributed by atoms with Crippen molar-refractivity contribution in [1.82, 2.24) is 10.2 Å². The van der Waals surface area contributed by atoms with E-state index in [0.29, 0.717) is 39.5 Å². The average molecular weight is 354 g/mol. The Bertz CT molecular complexity index is 793. The molecule has 2 saturated heterocycles. The maximum Gasteiger partial charge on any atom is 0.317 e. The highest BCUT2D eigenvalue weighted by molar-refractivity contribution is 5.88. The second kappa shape index (κ2) is 7.25. The van der Waals surface area contributed by atoms with E-state index in [-0.39, 0.29) is 11.6 Å². The number of carbonyl (C=O) groups excluding carboxylic acids is 1. The third-order valence-corrected chi connectivity index (χ3v) is 5.60. The third-order valence-electron chi connectivity index (χ3n) is 5.60. The fourth-order valence-electron chi connectivity index (χ4n) is 4.01. The van der Waals surface area contributed by atoms with Crippen molar-refractivity contribution in [2.75, 3.05) is 32.9 Å². The van der Waals surface area contributed by atoms with E-state index in [1.165, 1.54) is 16.3 Å². The summed E-state index contributed by atoms with van der Waals surface area (Å²) >= 11 is 0. The molecule has 0 radical (unpaired) electrons. The number of nitrogens with one attached hydrogen (secondary N) is 1. The summed E-state index contributed by atoms with van der Waals surface area (Å²) < 4.78 is 11.5. The Balaban J connectivity index is 1.43. The number of amides is 2. The van der Waals surface area contributed by atoms with Gasteiger partial charge in [0, 0.05) is 39.1 Å². The van der Waals surface area contributed by atoms with Crippen LogP contribution in [0.4, 0.5) is 4.79 Å². The largest absolute Gasteiger partial charge is 0.381 e. The highest BCUT2D eigenvalue weighted by atomic mass is 16.5. The molecular formula is C21H26N2O3. The van der Waals surface area contributed by atoms with E-state index in [1.54, 1.807) is 0 Å². The van der Waals surface area contributed by atoms with Gasteiger partial charge in [0.1, 0.15) is 0 Å². The standard InChI is InChI=1S/C21H26N2O3/c1-16-6-7-17(19-5-3-2-4-18(16)19)14-22-20(24)23-10-13-26-21(15-23)8-11-25-12-9-21/h2-7H,8-15H2,1H3,(H,22,24). The molecule has 2 fully saturated rings. The van der Waals surface area contributed by atoms with Crippen molar-refractivity contribution >= 4 is 16.8 Å². The van der Waals surface area contributed by atoms with Gasteiger partial charge in [0.2, 0.25) is 0 Å². The molecule has 138 valence electrons. The van der Waals surface area contributed by atoms with Crippen LogP contribution in [-0.4, -0.2) is 49.4 Å². The minimum atomic E-state index is -0.218. The first-order valence-corrected chi connectivity index (χ1v) is 9.39. The van der Waals surface area contributed by atoms with E-state index in [9.17, 15) is 4.79 Å². The minimum Gasteiger partial charge on any atom is -0.381 e. The maximum atomic E-state index is 12.7. The van der Waals surface area contributed by atoms with Crippen LogP contribution in [0.1, 0.15) is 24.0 Å². The van der Waals surface area contributed by atoms with Crippen molar-refractivity contribution in [1.29, 1.82) is 0 Å². The minimum absolute atomic E-state index is 0.0103. The summed E-state index contributed by atoms with van der Waals surface area (Å²) in [6.07, 6.45) is 1.72. The summed E-state index contributed by atoms with van der Waals surface area (Å²) in [5.41, 5.74) is 2.18. The van der Waals surface area contributed by atoms with Gasteiger partial charge in [-0.3, -0.25) is 0 Å². The van der Waals surface area contributed by atoms with Gasteiger partial charge in [0.15, 0.2) is 0 Å². The molecule has 0 atom stereocenters. The number of aryl methyl sites for hydroxylation is 1. The normalized spacial score (nSPS) is 19.7. The quantitative estimate of drug-likeness (QED) is 0.901. The fraction of sp³-hybridized carbons (Fsp3) is 0.476. The molecule has 5 heteroatoms. The predicted octanol–water partition coefficient (Wildman–Crippen LogP) is 3.24. The molecule has 2 aromatic rings. The molecule has 0 aromatic heterocycles. The molecule has 1 spiro atoms. The summed E-state index contributed by atoms with van der Waals surface area (Å²) in [7, 11) is 0. The van der Waals surface area contributed by atoms with Crippen LogP contribution in [0.25, 0.3) is 10.8 Å². The third kappa shape index (κ3) is 3.41. The molecule has 2 aromatic carbocycles. The van der Waals surface area contributed by atoms with Gasteiger partial charge in [-0.1, -0.05) is 36.4 Å². The first-order chi connectivity index (χ1) is 12.7. The van der Waals surface area contributed by atoms with Crippen molar-refractivity contribution in [3.05, 3.63) is 47.5 Å². The first kappa shape index (κ1) is 17.3. The monoisotopic (exact) mass is 354 g/mol. The van der Waals surface area contributed by atoms with Gasteiger partial charge >= 0.3 is 6.03 Å². The maximum absolute atomic E-state index is 12.7. The van der Waals surface area contributed by atoms with Crippen molar-refractivity contribution in [3.8, 4) is 0 Å². The molecule has 2 amide bonds. The number of carbonyl (C=O) groups is 1. The number of rotatable bonds is 2. The number of hydrogen-bond acceptors (Lipinski definition) is 3. The molecule has 0 saturated carbocycles. The van der Waals surface area contributed by atoms with E-state index >= 15 is 0 Å². The number of benzene rings is 2. The summed E-state index contributed by atoms with van der Waals surface area (Å²) in [6, 6.07) is 12.6. The van der Waals surface area contributed by atoms with Crippen molar-refractivity contribution in [2.45, 2.75) is 31.9 Å². The second-order valence-corrected chi connectivity index (χ2v) is 7.31. The number of hydrogen-bond donors (Lipinski definition) is 1. The van der Waals surface area contributed by atoms with Crippen LogP contribution in [-0.2, 0) is 16.0 Å². The summed E-state index contributed by atoms with van der Waals surface area (Å²) in [5.74, 6) is 0. The number of urea groups is 1. The lowest BCUT2D eigenvalue weighted by Gasteiger charge is -2.44. The summed E-state index contributed by atoms with van der Waals surface area (Å²) in [5, 5.41) is 5.55. The number of ether oxygens (including phenoxy) is 2. The van der Waals surface area contributed by atoms with Crippen molar-refractivity contribution in [2.24, 2.45) is 0 Å². The Morgan fingerprint density at radius 3 is 2.69 bits per heavy atom. The zero-order valence-corrected chi connectivity index (χ0v) is 15.3. The molecule has 5 nitrogen and oxygen atoms in total. The van der Waals surface area contributed by atoms with Crippen molar-refractivity contribution < 1.29 is 14.3 Å². The average Bonchev–Trinajstić information content (AvgIpc) is 2.68. The van der Waals surface area contributed by atoms with Crippen LogP contribution in [0, 0.1) is 6.92 Å². The van der Waals surface area contributed by atoms with E-state index in [0.717, 1.165) is 18.4 Å². The van der Waals surface area contributed by atoms with Gasteiger partial charge in [-0.25, -0.2) is 4.79 Å². The van der Waals surface area contributed by atoms with Crippen LogP contribution in [0.3, 0.4) is 0 Å². The van der Waals surface area contributed by atoms with Gasteiger partial charge < -0.3 is 19.7 Å². The Morgan fingerprint density at radius 1 is 1.12 bits per heavy atom. The molecule has 2 aliphatic heterocycles. The molecule has 0 aliphatic carbocycles. The molecule has 1 N–H and O–H groups in total. The first-order valence-electron chi connectivity index (χ1n) is 9.39. The van der Waals surface area contributed by atoms with Crippen LogP contribution >= 0.6 is 0 Å². The van der Waals surface area contributed by atoms with Crippen LogP contribution in [0.2, 0.25) is 0 Å². The zero-order chi connectivity index (χ0) is 18.0. The number of fused-ring (bicyclic) bond motifs is 1. The fourth-order valence-corrected chi connectivity index (χ4v) is 4.01. The summed E-state index contributed by atoms with van der Waals surface area (Å²) in [6.45, 7) is 5.97. The molecule has 0 bridgehead atoms. The highest BCUT2D eigenvalue weighted by Crippen LogP contribution is 2.29. The molecule has 2 heterocycles. The van der Waals surface area contributed by atoms with Gasteiger partial charge in [0.05, 0.1) is 18.8 Å². The van der Waals surface area contributed by atoms with Crippen molar-refractivity contribution in [3.63, 3.8) is 0 Å². The van der Waals surface area contributed by atoms with Crippen LogP contribution in [0.15, 0.2) is 36.4 Å². The van der Waals surface area contributed by atoms with Gasteiger partial charge in [-0.05, 0) is 28.8 Å². The molecule has 4 rings (SSSR count). The lowest BCUT2D eigenvalue weighted by atomic mass is 9.92. The second-order valence-electron chi connectivity index (χ2n) is 7.31. The van der Waals surface area contributed by atoms with E-state index in [2.05, 4.69) is 42.6 Å². The highest BCUT2D eigenvalue weighted by Gasteiger charge is 2.39. The van der Waals surface area contributed by atoms with Gasteiger partial charge in [-0.2, -0.15) is 0 Å². The van der Waals surface area contributed by atoms with Crippen LogP contribution in [0.5, 0.6) is 0 Å². The lowest BCUT2D eigenvalue weighted by molar-refractivity contribution is -0.145.